The van der Waals surface area contributed by atoms with Crippen molar-refractivity contribution in [1.82, 2.24) is 0 Å². The van der Waals surface area contributed by atoms with Crippen LogP contribution in [0.4, 0.5) is 101 Å². The molecule has 14 rings (SSSR count). The second kappa shape index (κ2) is 39.4. The third kappa shape index (κ3) is 22.9. The number of alkyl halides is 8. The van der Waals surface area contributed by atoms with Gasteiger partial charge in [0.05, 0.1) is 12.0 Å². The summed E-state index contributed by atoms with van der Waals surface area (Å²) in [5.74, 6) is -20.7. The highest BCUT2D eigenvalue weighted by Gasteiger charge is 2.47. The molecule has 2 aliphatic carbocycles. The van der Waals surface area contributed by atoms with Crippen molar-refractivity contribution in [2.24, 2.45) is 29.6 Å². The van der Waals surface area contributed by atoms with Gasteiger partial charge in [0.15, 0.2) is 0 Å². The van der Waals surface area contributed by atoms with Gasteiger partial charge in [0, 0.05) is 83.0 Å². The van der Waals surface area contributed by atoms with E-state index in [9.17, 15) is 101 Å². The molecule has 3 fully saturated rings. The summed E-state index contributed by atoms with van der Waals surface area (Å²) in [7, 11) is 0. The number of rotatable bonds is 18. The van der Waals surface area contributed by atoms with E-state index in [-0.39, 0.29) is 41.3 Å². The molecular weight excluding hydrogens is 1670 g/mol. The second-order valence-electron chi connectivity index (χ2n) is 31.2. The highest BCUT2D eigenvalue weighted by Crippen LogP contribution is 2.48. The lowest BCUT2D eigenvalue weighted by molar-refractivity contribution is -0.224. The quantitative estimate of drug-likeness (QED) is 0.0801. The lowest BCUT2D eigenvalue weighted by atomic mass is 9.69. The van der Waals surface area contributed by atoms with Gasteiger partial charge in [0.25, 0.3) is 0 Å². The molecule has 0 N–H and O–H groups in total. The number of benzene rings is 11. The summed E-state index contributed by atoms with van der Waals surface area (Å²) >= 11 is 0. The van der Waals surface area contributed by atoms with Crippen molar-refractivity contribution in [3.8, 4) is 67.5 Å². The van der Waals surface area contributed by atoms with E-state index in [1.165, 1.54) is 50.8 Å². The van der Waals surface area contributed by atoms with Crippen molar-refractivity contribution in [3.63, 3.8) is 0 Å². The molecule has 0 aromatic heterocycles. The van der Waals surface area contributed by atoms with Crippen molar-refractivity contribution in [1.29, 1.82) is 0 Å². The number of hydrogen-bond donors (Lipinski definition) is 0. The third-order valence-corrected chi connectivity index (χ3v) is 22.2. The summed E-state index contributed by atoms with van der Waals surface area (Å²) in [5, 5.41) is 0. The molecular formula is C96H85F23O5. The fourth-order valence-electron chi connectivity index (χ4n) is 14.7. The maximum Gasteiger partial charge on any atom is 0.432 e. The molecule has 0 amide bonds. The molecule has 11 aromatic carbocycles. The third-order valence-electron chi connectivity index (χ3n) is 22.2. The minimum Gasteiger partial charge on any atom is -0.432 e. The van der Waals surface area contributed by atoms with E-state index >= 15 is 0 Å². The molecule has 2 saturated carbocycles. The Hall–Kier alpha value is -11.0. The van der Waals surface area contributed by atoms with E-state index in [1.54, 1.807) is 60.7 Å². The molecule has 1 aliphatic heterocycles. The van der Waals surface area contributed by atoms with Crippen molar-refractivity contribution in [2.75, 3.05) is 6.61 Å². The van der Waals surface area contributed by atoms with Crippen molar-refractivity contribution in [3.05, 3.63) is 319 Å². The summed E-state index contributed by atoms with van der Waals surface area (Å²) in [6.45, 7) is 13.3. The highest BCUT2D eigenvalue weighted by atomic mass is 19.3. The van der Waals surface area contributed by atoms with Gasteiger partial charge in [-0.3, -0.25) is 0 Å². The molecule has 124 heavy (non-hydrogen) atoms. The Balaban J connectivity index is 0.000000174. The maximum atomic E-state index is 14.8. The van der Waals surface area contributed by atoms with E-state index in [2.05, 4.69) is 28.1 Å². The molecule has 3 aliphatic rings. The van der Waals surface area contributed by atoms with Gasteiger partial charge >= 0.3 is 24.4 Å². The molecule has 0 radical (unpaired) electrons. The Kier molecular flexibility index (Phi) is 30.3. The number of hydrogen-bond acceptors (Lipinski definition) is 5. The Morgan fingerprint density at radius 1 is 0.274 bits per heavy atom. The molecule has 1 heterocycles. The molecule has 0 spiro atoms. The van der Waals surface area contributed by atoms with Crippen LogP contribution in [0.2, 0.25) is 0 Å². The van der Waals surface area contributed by atoms with Crippen molar-refractivity contribution in [2.45, 2.75) is 158 Å². The Bertz CT molecular complexity index is 5420. The van der Waals surface area contributed by atoms with E-state index in [0.29, 0.717) is 102 Å². The normalized spacial score (nSPS) is 17.3. The Morgan fingerprint density at radius 3 is 0.863 bits per heavy atom. The maximum absolute atomic E-state index is 14.8. The summed E-state index contributed by atoms with van der Waals surface area (Å²) < 4.78 is 350. The van der Waals surface area contributed by atoms with Crippen LogP contribution in [0.25, 0.3) is 44.5 Å². The topological polar surface area (TPSA) is 46.2 Å². The number of ether oxygens (including phenoxy) is 5. The van der Waals surface area contributed by atoms with Crippen LogP contribution in [-0.2, 0) is 23.1 Å². The minimum absolute atomic E-state index is 0. The fraction of sp³-hybridized carbons (Fsp3) is 0.312. The first-order chi connectivity index (χ1) is 57.8. The smallest absolute Gasteiger partial charge is 0.432 e. The van der Waals surface area contributed by atoms with Crippen molar-refractivity contribution >= 4 is 0 Å². The molecule has 5 nitrogen and oxygen atoms in total. The van der Waals surface area contributed by atoms with Crippen LogP contribution < -0.4 is 18.9 Å². The first-order valence-corrected chi connectivity index (χ1v) is 39.1. The highest BCUT2D eigenvalue weighted by molar-refractivity contribution is 5.72. The summed E-state index contributed by atoms with van der Waals surface area (Å²) in [5.41, 5.74) is -1.99. The van der Waals surface area contributed by atoms with Gasteiger partial charge in [-0.2, -0.15) is 35.1 Å². The molecule has 28 heteroatoms. The average molecular weight is 1760 g/mol. The van der Waals surface area contributed by atoms with E-state index < -0.39 is 174 Å². The summed E-state index contributed by atoms with van der Waals surface area (Å²) in [4.78, 5) is 0. The molecule has 11 aromatic rings. The van der Waals surface area contributed by atoms with Gasteiger partial charge in [-0.1, -0.05) is 130 Å². The predicted molar refractivity (Wildman–Crippen MR) is 424 cm³/mol. The van der Waals surface area contributed by atoms with Crippen LogP contribution in [0.5, 0.6) is 23.0 Å². The first-order valence-electron chi connectivity index (χ1n) is 39.1. The Morgan fingerprint density at radius 2 is 0.548 bits per heavy atom. The zero-order valence-corrected chi connectivity index (χ0v) is 67.2. The van der Waals surface area contributed by atoms with Crippen LogP contribution in [0, 0.1) is 158 Å². The van der Waals surface area contributed by atoms with Gasteiger partial charge in [0.1, 0.15) is 127 Å². The lowest BCUT2D eigenvalue weighted by Crippen LogP contribution is -2.38. The SMILES string of the molecule is C.Cc1c(F)cc(OC(F)(F)C2CCC(C3CCC(C)CC3)CC2)cc1F.Cc1c(F)cc(OC(F)(F)c2c(F)cc(-c3ccc(C4CCC(C)CO4)cc3)cc2F)cc1F.Cc1ccc(-c2cc(F)c(C(F)(F)Oc3cc(F)c(C)c(F)c3)c(F)c2)cc1.Cc1ccc(-c2ccc(-c3cc(F)c(C(F)(F)Oc4cc(F)c(C)c(F)c4)c(F)c3)c(F)c2)cc1. The monoisotopic (exact) mass is 1750 g/mol. The molecule has 660 valence electrons. The molecule has 1 saturated heterocycles. The zero-order chi connectivity index (χ0) is 89.6. The second-order valence-corrected chi connectivity index (χ2v) is 31.2. The number of aryl methyl sites for hydroxylation is 2. The van der Waals surface area contributed by atoms with E-state index in [1.807, 2.05) is 26.0 Å². The summed E-state index contributed by atoms with van der Waals surface area (Å²) in [6, 6.07) is 33.4. The Labute approximate surface area is 701 Å². The van der Waals surface area contributed by atoms with Crippen LogP contribution in [0.3, 0.4) is 0 Å². The molecule has 2 unspecified atom stereocenters. The van der Waals surface area contributed by atoms with Gasteiger partial charge in [0.2, 0.25) is 0 Å². The lowest BCUT2D eigenvalue weighted by Gasteiger charge is -2.38. The van der Waals surface area contributed by atoms with E-state index in [0.717, 1.165) is 111 Å². The van der Waals surface area contributed by atoms with Gasteiger partial charge in [-0.05, 0) is 204 Å². The fourth-order valence-corrected chi connectivity index (χ4v) is 14.7. The largest absolute Gasteiger partial charge is 0.432 e. The molecule has 0 bridgehead atoms. The standard InChI is InChI=1S/C27H17F7O.C26H22F6O2.C21H14F6O.C21H28F4O.CH4/c1-14-3-5-16(6-4-14)17-7-8-20(23(30)9-17)18-10-24(31)26(25(32)11-18)27(33,34)35-19-12-21(28)15(2)22(29)13-19;1-14-3-8-24(33-13-14)17-6-4-16(5-7-17)18-9-22(29)25(23(30)10-18)26(31,32)34-19-11-20(27)15(2)21(28)12-19;1-11-3-5-13(6-4-11)14-7-18(24)20(19(25)8-14)21(26,27)28-15-9-16(22)12(2)17(23)10-15;1-13-3-5-15(6-4-13)16-7-9-17(10-8-16)21(24,25)26-18-11-19(22)14(2)20(23)12-18;/h3-13H,1-2H3;4-7,9-12,14,24H,3,8,13H2,1-2H3;3-10H,1-2H3;11-13,15-17H,3-10H2,1-2H3;1H4. The van der Waals surface area contributed by atoms with Gasteiger partial charge in [-0.15, -0.1) is 0 Å². The minimum atomic E-state index is -4.62. The van der Waals surface area contributed by atoms with Crippen LogP contribution in [0.1, 0.15) is 147 Å². The van der Waals surface area contributed by atoms with Gasteiger partial charge in [-0.25, -0.2) is 65.9 Å². The first kappa shape index (κ1) is 95.2. The van der Waals surface area contributed by atoms with Crippen LogP contribution in [-0.4, -0.2) is 12.7 Å². The van der Waals surface area contributed by atoms with E-state index in [4.69, 9.17) is 9.47 Å². The van der Waals surface area contributed by atoms with Crippen molar-refractivity contribution < 1.29 is 125 Å². The number of halogens is 23. The predicted octanol–water partition coefficient (Wildman–Crippen LogP) is 30.5. The summed E-state index contributed by atoms with van der Waals surface area (Å²) in [6.07, 6.45) is -7.89. The zero-order valence-electron chi connectivity index (χ0n) is 67.2. The molecule has 2 atom stereocenters. The average Bonchev–Trinajstić information content (AvgIpc) is 0.774. The van der Waals surface area contributed by atoms with Crippen LogP contribution in [0.15, 0.2) is 176 Å². The van der Waals surface area contributed by atoms with Crippen LogP contribution >= 0.6 is 0 Å². The van der Waals surface area contributed by atoms with Gasteiger partial charge < -0.3 is 23.7 Å².